The normalized spacial score (nSPS) is 18.4. The average molecular weight is 349 g/mol. The Labute approximate surface area is 150 Å². The van der Waals surface area contributed by atoms with Gasteiger partial charge in [-0.15, -0.1) is 0 Å². The average Bonchev–Trinajstić information content (AvgIpc) is 2.72. The van der Waals surface area contributed by atoms with Crippen LogP contribution in [0.4, 0.5) is 0 Å². The van der Waals surface area contributed by atoms with Crippen LogP contribution in [0.3, 0.4) is 0 Å². The van der Waals surface area contributed by atoms with Crippen molar-refractivity contribution in [2.45, 2.75) is 52.2 Å². The Morgan fingerprint density at radius 2 is 1.84 bits per heavy atom. The zero-order valence-corrected chi connectivity index (χ0v) is 15.7. The van der Waals surface area contributed by atoms with E-state index in [9.17, 15) is 4.79 Å². The topological polar surface area (TPSA) is 77.0 Å². The summed E-state index contributed by atoms with van der Waals surface area (Å²) in [5, 5.41) is 11.6. The molecule has 138 valence electrons. The third-order valence-corrected chi connectivity index (χ3v) is 4.69. The molecule has 1 aromatic rings. The van der Waals surface area contributed by atoms with Gasteiger partial charge in [0.25, 0.3) is 0 Å². The van der Waals surface area contributed by atoms with E-state index in [1.165, 1.54) is 0 Å². The van der Waals surface area contributed by atoms with Crippen molar-refractivity contribution in [3.63, 3.8) is 0 Å². The predicted molar refractivity (Wildman–Crippen MR) is 97.5 cm³/mol. The highest BCUT2D eigenvalue weighted by molar-refractivity contribution is 6.62. The zero-order valence-electron chi connectivity index (χ0n) is 15.7. The molecule has 0 aliphatic carbocycles. The van der Waals surface area contributed by atoms with E-state index in [1.807, 2.05) is 52.8 Å². The third kappa shape index (κ3) is 4.97. The number of hydrogen-bond acceptors (Lipinski definition) is 5. The molecular formula is C18H28BNO5. The molecule has 7 heteroatoms. The van der Waals surface area contributed by atoms with Crippen LogP contribution < -0.4 is 15.5 Å². The molecule has 1 saturated heterocycles. The van der Waals surface area contributed by atoms with Crippen molar-refractivity contribution in [1.82, 2.24) is 5.32 Å². The highest BCUT2D eigenvalue weighted by Gasteiger charge is 2.51. The number of rotatable bonds is 8. The fourth-order valence-electron chi connectivity index (χ4n) is 2.62. The number of carboxylic acids is 1. The lowest BCUT2D eigenvalue weighted by Crippen LogP contribution is -2.41. The van der Waals surface area contributed by atoms with Gasteiger partial charge in [-0.05, 0) is 70.7 Å². The maximum Gasteiger partial charge on any atom is 0.494 e. The molecule has 0 unspecified atom stereocenters. The Balaban J connectivity index is 2.16. The minimum atomic E-state index is -0.860. The lowest BCUT2D eigenvalue weighted by atomic mass is 9.78. The second-order valence-electron chi connectivity index (χ2n) is 7.25. The van der Waals surface area contributed by atoms with Gasteiger partial charge in [-0.25, -0.2) is 0 Å². The maximum atomic E-state index is 10.6. The first-order chi connectivity index (χ1) is 11.6. The lowest BCUT2D eigenvalue weighted by Gasteiger charge is -2.32. The van der Waals surface area contributed by atoms with E-state index in [2.05, 4.69) is 5.32 Å². The van der Waals surface area contributed by atoms with Crippen LogP contribution in [0, 0.1) is 0 Å². The largest absolute Gasteiger partial charge is 0.494 e. The molecular weight excluding hydrogens is 321 g/mol. The van der Waals surface area contributed by atoms with Crippen LogP contribution in [0.25, 0.3) is 0 Å². The quantitative estimate of drug-likeness (QED) is 0.548. The second kappa shape index (κ2) is 7.76. The van der Waals surface area contributed by atoms with Crippen molar-refractivity contribution in [2.24, 2.45) is 0 Å². The smallest absolute Gasteiger partial charge is 0.494 e. The number of nitrogens with one attached hydrogen (secondary N) is 1. The van der Waals surface area contributed by atoms with E-state index < -0.39 is 24.3 Å². The molecule has 6 nitrogen and oxygen atoms in total. The first kappa shape index (κ1) is 19.8. The Bertz CT molecular complexity index is 601. The summed E-state index contributed by atoms with van der Waals surface area (Å²) in [7, 11) is -0.448. The van der Waals surface area contributed by atoms with E-state index in [0.717, 1.165) is 16.8 Å². The molecule has 0 radical (unpaired) electrons. The molecule has 1 fully saturated rings. The minimum Gasteiger partial charge on any atom is -0.494 e. The number of aliphatic carboxylic acids is 1. The molecule has 0 atom stereocenters. The second-order valence-corrected chi connectivity index (χ2v) is 7.25. The molecule has 1 aromatic carbocycles. The molecule has 1 aliphatic heterocycles. The summed E-state index contributed by atoms with van der Waals surface area (Å²) < 4.78 is 17.9. The molecule has 25 heavy (non-hydrogen) atoms. The molecule has 0 spiro atoms. The number of benzene rings is 1. The van der Waals surface area contributed by atoms with Crippen molar-refractivity contribution in [3.8, 4) is 5.75 Å². The first-order valence-corrected chi connectivity index (χ1v) is 8.69. The van der Waals surface area contributed by atoms with Crippen molar-refractivity contribution in [2.75, 3.05) is 19.7 Å². The van der Waals surface area contributed by atoms with Crippen LogP contribution in [-0.4, -0.2) is 49.1 Å². The summed E-state index contributed by atoms with van der Waals surface area (Å²) in [6, 6.07) is 5.95. The standard InChI is InChI=1S/C18H28BNO5/c1-6-23-15-10-13(7-8-20-12-16(21)22)9-14(11-15)19-24-17(2,3)18(4,5)25-19/h9-11,20H,6-8,12H2,1-5H3,(H,21,22). The van der Waals surface area contributed by atoms with E-state index >= 15 is 0 Å². The van der Waals surface area contributed by atoms with Crippen LogP contribution in [0.15, 0.2) is 18.2 Å². The van der Waals surface area contributed by atoms with E-state index in [1.54, 1.807) is 0 Å². The fraction of sp³-hybridized carbons (Fsp3) is 0.611. The highest BCUT2D eigenvalue weighted by Crippen LogP contribution is 2.36. The van der Waals surface area contributed by atoms with Crippen molar-refractivity contribution < 1.29 is 23.9 Å². The summed E-state index contributed by atoms with van der Waals surface area (Å²) in [4.78, 5) is 10.6. The zero-order chi connectivity index (χ0) is 18.7. The first-order valence-electron chi connectivity index (χ1n) is 8.69. The Morgan fingerprint density at radius 3 is 2.40 bits per heavy atom. The molecule has 2 rings (SSSR count). The summed E-state index contributed by atoms with van der Waals surface area (Å²) in [5.41, 5.74) is 1.16. The van der Waals surface area contributed by atoms with Gasteiger partial charge in [0, 0.05) is 0 Å². The van der Waals surface area contributed by atoms with Gasteiger partial charge in [-0.3, -0.25) is 4.79 Å². The van der Waals surface area contributed by atoms with Crippen molar-refractivity contribution in [3.05, 3.63) is 23.8 Å². The molecule has 2 N–H and O–H groups in total. The minimum absolute atomic E-state index is 0.0464. The molecule has 1 heterocycles. The summed E-state index contributed by atoms with van der Waals surface area (Å²) in [6.45, 7) is 11.1. The summed E-state index contributed by atoms with van der Waals surface area (Å²) >= 11 is 0. The predicted octanol–water partition coefficient (Wildman–Crippen LogP) is 1.60. The Kier molecular flexibility index (Phi) is 6.14. The van der Waals surface area contributed by atoms with Crippen molar-refractivity contribution in [1.29, 1.82) is 0 Å². The van der Waals surface area contributed by atoms with Gasteiger partial charge < -0.3 is 24.5 Å². The highest BCUT2D eigenvalue weighted by atomic mass is 16.7. The van der Waals surface area contributed by atoms with E-state index in [0.29, 0.717) is 19.6 Å². The van der Waals surface area contributed by atoms with Crippen LogP contribution in [0.2, 0.25) is 0 Å². The molecule has 0 aromatic heterocycles. The van der Waals surface area contributed by atoms with Crippen LogP contribution >= 0.6 is 0 Å². The Hall–Kier alpha value is -1.57. The number of ether oxygens (including phenoxy) is 1. The number of carboxylic acid groups (broad SMARTS) is 1. The number of hydrogen-bond donors (Lipinski definition) is 2. The van der Waals surface area contributed by atoms with E-state index in [4.69, 9.17) is 19.2 Å². The van der Waals surface area contributed by atoms with Gasteiger partial charge in [0.05, 0.1) is 24.4 Å². The van der Waals surface area contributed by atoms with Gasteiger partial charge in [0.15, 0.2) is 0 Å². The summed E-state index contributed by atoms with van der Waals surface area (Å²) in [5.74, 6) is -0.0936. The van der Waals surface area contributed by atoms with Gasteiger partial charge in [-0.2, -0.15) is 0 Å². The SMILES string of the molecule is CCOc1cc(CCNCC(=O)O)cc(B2OC(C)(C)C(C)(C)O2)c1. The van der Waals surface area contributed by atoms with Gasteiger partial charge in [-0.1, -0.05) is 6.07 Å². The molecule has 0 saturated carbocycles. The summed E-state index contributed by atoms with van der Waals surface area (Å²) in [6.07, 6.45) is 0.695. The van der Waals surface area contributed by atoms with Gasteiger partial charge >= 0.3 is 13.1 Å². The lowest BCUT2D eigenvalue weighted by molar-refractivity contribution is -0.135. The third-order valence-electron chi connectivity index (χ3n) is 4.69. The van der Waals surface area contributed by atoms with Gasteiger partial charge in [0.2, 0.25) is 0 Å². The fourth-order valence-corrected chi connectivity index (χ4v) is 2.62. The number of carbonyl (C=O) groups is 1. The Morgan fingerprint density at radius 1 is 1.20 bits per heavy atom. The molecule has 1 aliphatic rings. The van der Waals surface area contributed by atoms with Gasteiger partial charge in [0.1, 0.15) is 5.75 Å². The van der Waals surface area contributed by atoms with Crippen LogP contribution in [-0.2, 0) is 20.5 Å². The van der Waals surface area contributed by atoms with Crippen LogP contribution in [0.5, 0.6) is 5.75 Å². The monoisotopic (exact) mass is 349 g/mol. The molecule has 0 bridgehead atoms. The van der Waals surface area contributed by atoms with Crippen molar-refractivity contribution >= 4 is 18.6 Å². The van der Waals surface area contributed by atoms with Crippen LogP contribution in [0.1, 0.15) is 40.2 Å². The molecule has 0 amide bonds. The van der Waals surface area contributed by atoms with E-state index in [-0.39, 0.29) is 6.54 Å². The maximum absolute atomic E-state index is 10.6.